The Hall–Kier alpha value is -3.13. The summed E-state index contributed by atoms with van der Waals surface area (Å²) < 4.78 is 7.44. The number of hydrogen-bond acceptors (Lipinski definition) is 5. The maximum absolute atomic E-state index is 12.7. The van der Waals surface area contributed by atoms with Gasteiger partial charge in [0.05, 0.1) is 13.7 Å². The number of rotatable bonds is 5. The molecule has 0 radical (unpaired) electrons. The predicted octanol–water partition coefficient (Wildman–Crippen LogP) is 3.59. The van der Waals surface area contributed by atoms with E-state index in [0.29, 0.717) is 12.6 Å². The number of amides is 2. The van der Waals surface area contributed by atoms with Crippen LogP contribution in [0.4, 0.5) is 4.79 Å². The fourth-order valence-corrected chi connectivity index (χ4v) is 4.89. The lowest BCUT2D eigenvalue weighted by atomic mass is 9.96. The van der Waals surface area contributed by atoms with Crippen molar-refractivity contribution in [3.63, 3.8) is 0 Å². The smallest absolute Gasteiger partial charge is 0.317 e. The van der Waals surface area contributed by atoms with E-state index in [9.17, 15) is 4.79 Å². The molecule has 0 unspecified atom stereocenters. The number of fused-ring (bicyclic) bond motifs is 1. The van der Waals surface area contributed by atoms with E-state index in [-0.39, 0.29) is 6.03 Å². The fourth-order valence-electron chi connectivity index (χ4n) is 4.89. The summed E-state index contributed by atoms with van der Waals surface area (Å²) in [6.07, 6.45) is 7.77. The Labute approximate surface area is 194 Å². The van der Waals surface area contributed by atoms with Crippen molar-refractivity contribution in [3.05, 3.63) is 48.4 Å². The van der Waals surface area contributed by atoms with Crippen molar-refractivity contribution >= 4 is 17.2 Å². The van der Waals surface area contributed by atoms with E-state index in [0.717, 1.165) is 67.4 Å². The van der Waals surface area contributed by atoms with Gasteiger partial charge in [0, 0.05) is 44.1 Å². The van der Waals surface area contributed by atoms with Crippen LogP contribution < -0.4 is 10.1 Å². The number of carbonyl (C=O) groups excluding carboxylic acids is 1. The second-order valence-corrected chi connectivity index (χ2v) is 8.96. The molecule has 8 heteroatoms. The first-order valence-electron chi connectivity index (χ1n) is 12.0. The molecule has 174 valence electrons. The number of benzene rings is 1. The summed E-state index contributed by atoms with van der Waals surface area (Å²) in [6, 6.07) is 12.3. The molecule has 1 aromatic carbocycles. The SMILES string of the molecule is COc1ccc(-n2c(CN3CCN(C(=O)NC4CCCCC4)CC3)nc3cccnc32)cc1. The topological polar surface area (TPSA) is 75.5 Å². The van der Waals surface area contributed by atoms with Crippen LogP contribution in [0.25, 0.3) is 16.9 Å². The molecule has 1 aliphatic carbocycles. The van der Waals surface area contributed by atoms with Crippen LogP contribution in [0.15, 0.2) is 42.6 Å². The highest BCUT2D eigenvalue weighted by molar-refractivity contribution is 5.75. The number of nitrogens with zero attached hydrogens (tertiary/aromatic N) is 5. The fraction of sp³-hybridized carbons (Fsp3) is 0.480. The van der Waals surface area contributed by atoms with Crippen molar-refractivity contribution in [2.45, 2.75) is 44.7 Å². The van der Waals surface area contributed by atoms with E-state index in [1.165, 1.54) is 19.3 Å². The monoisotopic (exact) mass is 448 g/mol. The van der Waals surface area contributed by atoms with Gasteiger partial charge < -0.3 is 15.0 Å². The molecule has 0 atom stereocenters. The van der Waals surface area contributed by atoms with Gasteiger partial charge in [0.2, 0.25) is 0 Å². The molecular weight excluding hydrogens is 416 g/mol. The third-order valence-electron chi connectivity index (χ3n) is 6.77. The van der Waals surface area contributed by atoms with Gasteiger partial charge in [0.25, 0.3) is 0 Å². The molecule has 3 aromatic rings. The van der Waals surface area contributed by atoms with Gasteiger partial charge in [0.1, 0.15) is 17.1 Å². The van der Waals surface area contributed by atoms with E-state index in [1.54, 1.807) is 13.3 Å². The van der Waals surface area contributed by atoms with Gasteiger partial charge in [-0.15, -0.1) is 0 Å². The van der Waals surface area contributed by atoms with Gasteiger partial charge in [-0.25, -0.2) is 14.8 Å². The minimum atomic E-state index is 0.0937. The number of hydrogen-bond donors (Lipinski definition) is 1. The van der Waals surface area contributed by atoms with Crippen LogP contribution in [0.1, 0.15) is 37.9 Å². The summed E-state index contributed by atoms with van der Waals surface area (Å²) in [5.41, 5.74) is 2.74. The van der Waals surface area contributed by atoms with Crippen LogP contribution in [0.2, 0.25) is 0 Å². The summed E-state index contributed by atoms with van der Waals surface area (Å²) in [5.74, 6) is 1.77. The van der Waals surface area contributed by atoms with Crippen molar-refractivity contribution in [2.24, 2.45) is 0 Å². The number of ether oxygens (including phenoxy) is 1. The largest absolute Gasteiger partial charge is 0.497 e. The molecule has 2 fully saturated rings. The summed E-state index contributed by atoms with van der Waals surface area (Å²) in [6.45, 7) is 3.84. The van der Waals surface area contributed by atoms with Gasteiger partial charge in [-0.1, -0.05) is 19.3 Å². The Morgan fingerprint density at radius 3 is 2.55 bits per heavy atom. The van der Waals surface area contributed by atoms with Crippen LogP contribution in [-0.4, -0.2) is 69.7 Å². The molecule has 1 saturated carbocycles. The van der Waals surface area contributed by atoms with E-state index in [1.807, 2.05) is 41.3 Å². The molecule has 0 bridgehead atoms. The van der Waals surface area contributed by atoms with Gasteiger partial charge in [-0.2, -0.15) is 0 Å². The first-order chi connectivity index (χ1) is 16.2. The average Bonchev–Trinajstić information content (AvgIpc) is 3.23. The molecule has 3 heterocycles. The zero-order valence-electron chi connectivity index (χ0n) is 19.2. The van der Waals surface area contributed by atoms with Crippen LogP contribution >= 0.6 is 0 Å². The number of imidazole rings is 1. The Morgan fingerprint density at radius 2 is 1.82 bits per heavy atom. The predicted molar refractivity (Wildman–Crippen MR) is 128 cm³/mol. The lowest BCUT2D eigenvalue weighted by molar-refractivity contribution is 0.130. The van der Waals surface area contributed by atoms with Crippen molar-refractivity contribution in [1.82, 2.24) is 29.7 Å². The Balaban J connectivity index is 1.27. The highest BCUT2D eigenvalue weighted by atomic mass is 16.5. The third kappa shape index (κ3) is 4.80. The summed E-state index contributed by atoms with van der Waals surface area (Å²) in [7, 11) is 1.67. The molecule has 1 aliphatic heterocycles. The van der Waals surface area contributed by atoms with E-state index >= 15 is 0 Å². The maximum atomic E-state index is 12.7. The number of methoxy groups -OCH3 is 1. The van der Waals surface area contributed by atoms with Gasteiger partial charge in [0.15, 0.2) is 5.65 Å². The van der Waals surface area contributed by atoms with E-state index < -0.39 is 0 Å². The second kappa shape index (κ2) is 9.79. The minimum Gasteiger partial charge on any atom is -0.497 e. The van der Waals surface area contributed by atoms with Crippen LogP contribution in [0.5, 0.6) is 5.75 Å². The van der Waals surface area contributed by atoms with Crippen molar-refractivity contribution in [1.29, 1.82) is 0 Å². The lowest BCUT2D eigenvalue weighted by Gasteiger charge is -2.35. The standard InChI is InChI=1S/C25H32N6O2/c1-33-21-11-9-20(10-12-21)31-23(28-22-8-5-13-26-24(22)31)18-29-14-16-30(17-15-29)25(32)27-19-6-3-2-4-7-19/h5,8-13,19H,2-4,6-7,14-18H2,1H3,(H,27,32). The highest BCUT2D eigenvalue weighted by Gasteiger charge is 2.25. The quantitative estimate of drug-likeness (QED) is 0.646. The molecule has 33 heavy (non-hydrogen) atoms. The first kappa shape index (κ1) is 21.7. The summed E-state index contributed by atoms with van der Waals surface area (Å²) in [4.78, 5) is 26.5. The third-order valence-corrected chi connectivity index (χ3v) is 6.77. The van der Waals surface area contributed by atoms with Gasteiger partial charge in [-0.3, -0.25) is 9.47 Å². The normalized spacial score (nSPS) is 17.9. The van der Waals surface area contributed by atoms with Crippen molar-refractivity contribution in [3.8, 4) is 11.4 Å². The summed E-state index contributed by atoms with van der Waals surface area (Å²) >= 11 is 0. The van der Waals surface area contributed by atoms with E-state index in [2.05, 4.69) is 19.8 Å². The Morgan fingerprint density at radius 1 is 1.06 bits per heavy atom. The number of aromatic nitrogens is 3. The minimum absolute atomic E-state index is 0.0937. The Bertz CT molecular complexity index is 1080. The van der Waals surface area contributed by atoms with Gasteiger partial charge >= 0.3 is 6.03 Å². The molecule has 8 nitrogen and oxygen atoms in total. The molecule has 5 rings (SSSR count). The van der Waals surface area contributed by atoms with Crippen molar-refractivity contribution < 1.29 is 9.53 Å². The van der Waals surface area contributed by atoms with Crippen LogP contribution in [-0.2, 0) is 6.54 Å². The maximum Gasteiger partial charge on any atom is 0.317 e. The highest BCUT2D eigenvalue weighted by Crippen LogP contribution is 2.23. The lowest BCUT2D eigenvalue weighted by Crippen LogP contribution is -2.53. The zero-order chi connectivity index (χ0) is 22.6. The zero-order valence-corrected chi connectivity index (χ0v) is 19.2. The summed E-state index contributed by atoms with van der Waals surface area (Å²) in [5, 5.41) is 3.24. The van der Waals surface area contributed by atoms with E-state index in [4.69, 9.17) is 9.72 Å². The van der Waals surface area contributed by atoms with Gasteiger partial charge in [-0.05, 0) is 49.2 Å². The van der Waals surface area contributed by atoms with Crippen LogP contribution in [0, 0.1) is 0 Å². The molecule has 1 saturated heterocycles. The number of pyridine rings is 1. The Kier molecular flexibility index (Phi) is 6.44. The molecule has 0 spiro atoms. The molecule has 1 N–H and O–H groups in total. The number of urea groups is 1. The molecule has 2 aliphatic rings. The van der Waals surface area contributed by atoms with Crippen LogP contribution in [0.3, 0.4) is 0 Å². The second-order valence-electron chi connectivity index (χ2n) is 8.96. The number of nitrogens with one attached hydrogen (secondary N) is 1. The molecule has 2 aromatic heterocycles. The average molecular weight is 449 g/mol. The number of carbonyl (C=O) groups is 1. The molecule has 2 amide bonds. The first-order valence-corrected chi connectivity index (χ1v) is 12.0. The number of piperazine rings is 1. The molecular formula is C25H32N6O2. The van der Waals surface area contributed by atoms with Crippen molar-refractivity contribution in [2.75, 3.05) is 33.3 Å².